The molecule has 3 nitrogen and oxygen atoms in total. The average molecular weight is 302 g/mol. The van der Waals surface area contributed by atoms with Crippen LogP contribution in [0, 0.1) is 25.7 Å². The van der Waals surface area contributed by atoms with Crippen molar-refractivity contribution >= 4 is 10.9 Å². The highest BCUT2D eigenvalue weighted by Crippen LogP contribution is 2.31. The van der Waals surface area contributed by atoms with E-state index in [1.54, 1.807) is 0 Å². The third-order valence-corrected chi connectivity index (χ3v) is 4.38. The van der Waals surface area contributed by atoms with Crippen molar-refractivity contribution in [3.05, 3.63) is 23.5 Å². The molecule has 0 saturated carbocycles. The number of hydrogen-bond donors (Lipinski definition) is 0. The van der Waals surface area contributed by atoms with E-state index >= 15 is 0 Å². The molecule has 3 heteroatoms. The molecule has 2 heterocycles. The summed E-state index contributed by atoms with van der Waals surface area (Å²) in [4.78, 5) is 4.50. The van der Waals surface area contributed by atoms with Crippen LogP contribution < -0.4 is 4.74 Å². The predicted octanol–water partition coefficient (Wildman–Crippen LogP) is 5.12. The molecule has 0 N–H and O–H groups in total. The molecule has 0 bridgehead atoms. The Bertz CT molecular complexity index is 626. The van der Waals surface area contributed by atoms with E-state index in [-0.39, 0.29) is 0 Å². The smallest absolute Gasteiger partial charge is 0.238 e. The maximum Gasteiger partial charge on any atom is 0.238 e. The van der Waals surface area contributed by atoms with E-state index in [0.29, 0.717) is 11.8 Å². The molecule has 0 radical (unpaired) electrons. The number of fused-ring (bicyclic) bond motifs is 1. The molecule has 0 saturated heterocycles. The van der Waals surface area contributed by atoms with Crippen LogP contribution in [0.25, 0.3) is 10.9 Å². The van der Waals surface area contributed by atoms with Gasteiger partial charge in [0.15, 0.2) is 0 Å². The van der Waals surface area contributed by atoms with Crippen molar-refractivity contribution in [2.24, 2.45) is 11.8 Å². The van der Waals surface area contributed by atoms with Crippen molar-refractivity contribution in [3.63, 3.8) is 0 Å². The molecular formula is C19H30N2O. The van der Waals surface area contributed by atoms with Crippen LogP contribution in [0.2, 0.25) is 0 Å². The largest absolute Gasteiger partial charge is 0.476 e. The van der Waals surface area contributed by atoms with Gasteiger partial charge in [0.1, 0.15) is 5.52 Å². The number of aromatic nitrogens is 2. The summed E-state index contributed by atoms with van der Waals surface area (Å²) < 4.78 is 8.41. The van der Waals surface area contributed by atoms with Gasteiger partial charge in [-0.05, 0) is 50.2 Å². The molecule has 2 aromatic heterocycles. The van der Waals surface area contributed by atoms with E-state index in [1.807, 2.05) is 6.20 Å². The molecule has 0 aliphatic carbocycles. The zero-order valence-corrected chi connectivity index (χ0v) is 14.9. The number of nitrogens with zero attached hydrogens (tertiary/aromatic N) is 2. The van der Waals surface area contributed by atoms with Crippen molar-refractivity contribution in [2.75, 3.05) is 6.61 Å². The Morgan fingerprint density at radius 3 is 2.41 bits per heavy atom. The molecule has 0 aromatic carbocycles. The SMILES string of the molecule is Cc1c(C)n(CCC(C)C)c2c(OCCC(C)C)nccc12. The summed E-state index contributed by atoms with van der Waals surface area (Å²) in [7, 11) is 0. The summed E-state index contributed by atoms with van der Waals surface area (Å²) in [6.07, 6.45) is 4.10. The molecule has 0 aliphatic rings. The topological polar surface area (TPSA) is 27.1 Å². The Morgan fingerprint density at radius 1 is 1.09 bits per heavy atom. The summed E-state index contributed by atoms with van der Waals surface area (Å²) >= 11 is 0. The van der Waals surface area contributed by atoms with E-state index in [2.05, 4.69) is 57.2 Å². The Morgan fingerprint density at radius 2 is 1.77 bits per heavy atom. The minimum atomic E-state index is 0.649. The van der Waals surface area contributed by atoms with Gasteiger partial charge >= 0.3 is 0 Å². The van der Waals surface area contributed by atoms with Crippen LogP contribution in [-0.4, -0.2) is 16.2 Å². The molecule has 0 amide bonds. The van der Waals surface area contributed by atoms with Crippen LogP contribution in [0.5, 0.6) is 5.88 Å². The van der Waals surface area contributed by atoms with E-state index in [0.717, 1.165) is 25.5 Å². The molecular weight excluding hydrogens is 272 g/mol. The van der Waals surface area contributed by atoms with Crippen LogP contribution in [0.4, 0.5) is 0 Å². The highest BCUT2D eigenvalue weighted by atomic mass is 16.5. The van der Waals surface area contributed by atoms with Crippen molar-refractivity contribution in [2.45, 2.75) is 60.9 Å². The lowest BCUT2D eigenvalue weighted by Crippen LogP contribution is -2.07. The lowest BCUT2D eigenvalue weighted by Gasteiger charge is -2.13. The molecule has 0 atom stereocenters. The summed E-state index contributed by atoms with van der Waals surface area (Å²) in [5.41, 5.74) is 3.84. The van der Waals surface area contributed by atoms with E-state index in [9.17, 15) is 0 Å². The first kappa shape index (κ1) is 16.9. The Labute approximate surface area is 134 Å². The van der Waals surface area contributed by atoms with Crippen molar-refractivity contribution in [1.29, 1.82) is 0 Å². The monoisotopic (exact) mass is 302 g/mol. The van der Waals surface area contributed by atoms with Crippen molar-refractivity contribution in [3.8, 4) is 5.88 Å². The quantitative estimate of drug-likeness (QED) is 0.709. The van der Waals surface area contributed by atoms with Crippen LogP contribution in [-0.2, 0) is 6.54 Å². The van der Waals surface area contributed by atoms with Gasteiger partial charge in [-0.1, -0.05) is 27.7 Å². The zero-order valence-electron chi connectivity index (χ0n) is 14.9. The Balaban J connectivity index is 2.37. The molecule has 0 spiro atoms. The van der Waals surface area contributed by atoms with Gasteiger partial charge in [-0.25, -0.2) is 4.98 Å². The molecule has 122 valence electrons. The van der Waals surface area contributed by atoms with Crippen LogP contribution >= 0.6 is 0 Å². The highest BCUT2D eigenvalue weighted by molar-refractivity contribution is 5.88. The summed E-state index contributed by atoms with van der Waals surface area (Å²) in [5, 5.41) is 1.27. The predicted molar refractivity (Wildman–Crippen MR) is 93.6 cm³/mol. The van der Waals surface area contributed by atoms with Gasteiger partial charge in [0.05, 0.1) is 6.61 Å². The van der Waals surface area contributed by atoms with Gasteiger partial charge in [-0.15, -0.1) is 0 Å². The fourth-order valence-corrected chi connectivity index (χ4v) is 2.73. The molecule has 0 fully saturated rings. The number of ether oxygens (including phenoxy) is 1. The molecule has 0 unspecified atom stereocenters. The summed E-state index contributed by atoms with van der Waals surface area (Å²) in [6, 6.07) is 2.11. The van der Waals surface area contributed by atoms with Gasteiger partial charge in [-0.2, -0.15) is 0 Å². The standard InChI is InChI=1S/C19H30N2O/c1-13(2)8-11-21-16(6)15(5)17-7-10-20-19(18(17)21)22-12-9-14(3)4/h7,10,13-14H,8-9,11-12H2,1-6H3. The maximum atomic E-state index is 6.01. The number of rotatable bonds is 7. The minimum Gasteiger partial charge on any atom is -0.476 e. The number of hydrogen-bond acceptors (Lipinski definition) is 2. The normalized spacial score (nSPS) is 11.8. The maximum absolute atomic E-state index is 6.01. The van der Waals surface area contributed by atoms with E-state index in [1.165, 1.54) is 28.6 Å². The van der Waals surface area contributed by atoms with Gasteiger partial charge in [0, 0.05) is 23.8 Å². The molecule has 0 aliphatic heterocycles. The Kier molecular flexibility index (Phi) is 5.49. The second-order valence-electron chi connectivity index (χ2n) is 7.09. The summed E-state index contributed by atoms with van der Waals surface area (Å²) in [5.74, 6) is 2.13. The van der Waals surface area contributed by atoms with Gasteiger partial charge < -0.3 is 9.30 Å². The first-order chi connectivity index (χ1) is 10.4. The van der Waals surface area contributed by atoms with Gasteiger partial charge in [0.25, 0.3) is 0 Å². The number of aryl methyl sites for hydroxylation is 2. The lowest BCUT2D eigenvalue weighted by molar-refractivity contribution is 0.281. The Hall–Kier alpha value is -1.51. The van der Waals surface area contributed by atoms with Gasteiger partial charge in [0.2, 0.25) is 5.88 Å². The fraction of sp³-hybridized carbons (Fsp3) is 0.632. The second-order valence-corrected chi connectivity index (χ2v) is 7.09. The van der Waals surface area contributed by atoms with Crippen molar-refractivity contribution < 1.29 is 4.74 Å². The highest BCUT2D eigenvalue weighted by Gasteiger charge is 2.16. The van der Waals surface area contributed by atoms with Crippen LogP contribution in [0.1, 0.15) is 51.8 Å². The third-order valence-electron chi connectivity index (χ3n) is 4.38. The molecule has 2 aromatic rings. The summed E-state index contributed by atoms with van der Waals surface area (Å²) in [6.45, 7) is 15.1. The van der Waals surface area contributed by atoms with Crippen LogP contribution in [0.3, 0.4) is 0 Å². The lowest BCUT2D eigenvalue weighted by atomic mass is 10.1. The van der Waals surface area contributed by atoms with Gasteiger partial charge in [-0.3, -0.25) is 0 Å². The number of pyridine rings is 1. The average Bonchev–Trinajstić information content (AvgIpc) is 2.70. The minimum absolute atomic E-state index is 0.649. The molecule has 2 rings (SSSR count). The van der Waals surface area contributed by atoms with E-state index in [4.69, 9.17) is 4.74 Å². The van der Waals surface area contributed by atoms with E-state index < -0.39 is 0 Å². The second kappa shape index (κ2) is 7.17. The van der Waals surface area contributed by atoms with Crippen molar-refractivity contribution in [1.82, 2.24) is 9.55 Å². The first-order valence-corrected chi connectivity index (χ1v) is 8.49. The van der Waals surface area contributed by atoms with Crippen LogP contribution in [0.15, 0.2) is 12.3 Å². The molecule has 22 heavy (non-hydrogen) atoms. The fourth-order valence-electron chi connectivity index (χ4n) is 2.73. The third kappa shape index (κ3) is 3.63. The zero-order chi connectivity index (χ0) is 16.3. The first-order valence-electron chi connectivity index (χ1n) is 8.49.